The topological polar surface area (TPSA) is 24.4 Å². The van der Waals surface area contributed by atoms with Crippen LogP contribution >= 0.6 is 12.6 Å². The van der Waals surface area contributed by atoms with E-state index in [9.17, 15) is 0 Å². The Hall–Kier alpha value is -0.440. The van der Waals surface area contributed by atoms with Crippen molar-refractivity contribution in [3.63, 3.8) is 0 Å². The molecule has 0 saturated carbocycles. The lowest BCUT2D eigenvalue weighted by molar-refractivity contribution is 1.07. The molecule has 0 spiro atoms. The summed E-state index contributed by atoms with van der Waals surface area (Å²) < 4.78 is 0. The van der Waals surface area contributed by atoms with E-state index < -0.39 is 0 Å². The third-order valence-electron chi connectivity index (χ3n) is 0.602. The molecule has 0 rings (SSSR count). The average Bonchev–Trinajstić information content (AvgIpc) is 1.83. The van der Waals surface area contributed by atoms with Crippen LogP contribution in [0.2, 0.25) is 0 Å². The number of thiol groups is 1. The van der Waals surface area contributed by atoms with Crippen molar-refractivity contribution in [2.24, 2.45) is 4.99 Å². The SMILES string of the molecule is CC=N/C=C(/S)NC. The van der Waals surface area contributed by atoms with Gasteiger partial charge in [-0.05, 0) is 6.92 Å². The summed E-state index contributed by atoms with van der Waals surface area (Å²) >= 11 is 4.00. The first-order valence-corrected chi connectivity index (χ1v) is 2.80. The fourth-order valence-electron chi connectivity index (χ4n) is 0.210. The molecule has 0 aromatic rings. The summed E-state index contributed by atoms with van der Waals surface area (Å²) in [5.74, 6) is 0. The normalized spacial score (nSPS) is 12.6. The van der Waals surface area contributed by atoms with E-state index in [-0.39, 0.29) is 0 Å². The predicted octanol–water partition coefficient (Wildman–Crippen LogP) is 1.03. The van der Waals surface area contributed by atoms with E-state index in [1.807, 2.05) is 6.92 Å². The van der Waals surface area contributed by atoms with Crippen LogP contribution < -0.4 is 5.32 Å². The number of rotatable bonds is 2. The molecule has 0 aliphatic heterocycles. The Morgan fingerprint density at radius 3 is 2.75 bits per heavy atom. The first-order chi connectivity index (χ1) is 3.81. The molecule has 0 saturated heterocycles. The molecule has 0 aliphatic rings. The van der Waals surface area contributed by atoms with Gasteiger partial charge in [-0.2, -0.15) is 0 Å². The summed E-state index contributed by atoms with van der Waals surface area (Å²) in [4.78, 5) is 3.82. The number of nitrogens with one attached hydrogen (secondary N) is 1. The van der Waals surface area contributed by atoms with Crippen LogP contribution in [0.1, 0.15) is 6.92 Å². The summed E-state index contributed by atoms with van der Waals surface area (Å²) in [6.45, 7) is 1.85. The minimum Gasteiger partial charge on any atom is -0.382 e. The summed E-state index contributed by atoms with van der Waals surface area (Å²) in [6.07, 6.45) is 3.34. The first kappa shape index (κ1) is 7.56. The van der Waals surface area contributed by atoms with Gasteiger partial charge < -0.3 is 5.32 Å². The molecule has 0 radical (unpaired) electrons. The zero-order valence-corrected chi connectivity index (χ0v) is 5.94. The van der Waals surface area contributed by atoms with Crippen LogP contribution in [0.3, 0.4) is 0 Å². The van der Waals surface area contributed by atoms with Gasteiger partial charge in [0.15, 0.2) is 0 Å². The van der Waals surface area contributed by atoms with Crippen molar-refractivity contribution >= 4 is 18.8 Å². The van der Waals surface area contributed by atoms with Gasteiger partial charge in [0.2, 0.25) is 0 Å². The Kier molecular flexibility index (Phi) is 4.45. The Morgan fingerprint density at radius 1 is 1.75 bits per heavy atom. The highest BCUT2D eigenvalue weighted by atomic mass is 32.1. The Morgan fingerprint density at radius 2 is 2.38 bits per heavy atom. The van der Waals surface area contributed by atoms with E-state index in [0.29, 0.717) is 0 Å². The molecule has 0 amide bonds. The van der Waals surface area contributed by atoms with Crippen LogP contribution in [0.25, 0.3) is 0 Å². The lowest BCUT2D eigenvalue weighted by Gasteiger charge is -1.90. The van der Waals surface area contributed by atoms with E-state index >= 15 is 0 Å². The average molecular weight is 130 g/mol. The highest BCUT2D eigenvalue weighted by Crippen LogP contribution is 1.91. The van der Waals surface area contributed by atoms with Crippen molar-refractivity contribution < 1.29 is 0 Å². The van der Waals surface area contributed by atoms with Crippen LogP contribution in [0.4, 0.5) is 0 Å². The second-order valence-electron chi connectivity index (χ2n) is 1.17. The second kappa shape index (κ2) is 4.71. The van der Waals surface area contributed by atoms with Crippen LogP contribution in [0.5, 0.6) is 0 Å². The zero-order chi connectivity index (χ0) is 6.41. The van der Waals surface area contributed by atoms with E-state index in [1.54, 1.807) is 19.5 Å². The molecule has 0 unspecified atom stereocenters. The third-order valence-corrected chi connectivity index (χ3v) is 0.941. The van der Waals surface area contributed by atoms with Crippen LogP contribution in [0, 0.1) is 0 Å². The minimum absolute atomic E-state index is 0.767. The van der Waals surface area contributed by atoms with E-state index in [2.05, 4.69) is 22.9 Å². The third kappa shape index (κ3) is 3.74. The van der Waals surface area contributed by atoms with Crippen LogP contribution in [-0.4, -0.2) is 13.3 Å². The van der Waals surface area contributed by atoms with Gasteiger partial charge in [-0.1, -0.05) is 0 Å². The Bertz CT molecular complexity index is 107. The molecule has 0 heterocycles. The largest absolute Gasteiger partial charge is 0.382 e. The van der Waals surface area contributed by atoms with Gasteiger partial charge in [0, 0.05) is 13.3 Å². The van der Waals surface area contributed by atoms with E-state index in [0.717, 1.165) is 5.03 Å². The van der Waals surface area contributed by atoms with Crippen molar-refractivity contribution in [2.75, 3.05) is 7.05 Å². The Labute approximate surface area is 55.1 Å². The standard InChI is InChI=1S/C5H10N2S/c1-3-7-4-5(8)6-2/h3-4,6,8H,1-2H3/b5-4+,7-3?. The molecular formula is C5H10N2S. The molecule has 3 heteroatoms. The smallest absolute Gasteiger partial charge is 0.0834 e. The van der Waals surface area contributed by atoms with Gasteiger partial charge >= 0.3 is 0 Å². The molecule has 2 nitrogen and oxygen atoms in total. The zero-order valence-electron chi connectivity index (χ0n) is 5.05. The summed E-state index contributed by atoms with van der Waals surface area (Å²) in [5, 5.41) is 3.58. The quantitative estimate of drug-likeness (QED) is 0.423. The van der Waals surface area contributed by atoms with Gasteiger partial charge in [-0.15, -0.1) is 12.6 Å². The van der Waals surface area contributed by atoms with Gasteiger partial charge in [0.05, 0.1) is 11.2 Å². The predicted molar refractivity (Wildman–Crippen MR) is 40.3 cm³/mol. The molecular weight excluding hydrogens is 120 g/mol. The molecule has 0 bridgehead atoms. The molecule has 0 aromatic carbocycles. The first-order valence-electron chi connectivity index (χ1n) is 2.36. The maximum Gasteiger partial charge on any atom is 0.0834 e. The highest BCUT2D eigenvalue weighted by molar-refractivity contribution is 7.84. The van der Waals surface area contributed by atoms with Gasteiger partial charge in [0.25, 0.3) is 0 Å². The van der Waals surface area contributed by atoms with E-state index in [4.69, 9.17) is 0 Å². The van der Waals surface area contributed by atoms with Crippen molar-refractivity contribution in [2.45, 2.75) is 6.92 Å². The van der Waals surface area contributed by atoms with Crippen molar-refractivity contribution in [3.8, 4) is 0 Å². The van der Waals surface area contributed by atoms with Crippen molar-refractivity contribution in [1.82, 2.24) is 5.32 Å². The van der Waals surface area contributed by atoms with Gasteiger partial charge in [-0.3, -0.25) is 4.99 Å². The highest BCUT2D eigenvalue weighted by Gasteiger charge is 1.74. The van der Waals surface area contributed by atoms with E-state index in [1.165, 1.54) is 0 Å². The van der Waals surface area contributed by atoms with Crippen molar-refractivity contribution in [3.05, 3.63) is 11.2 Å². The maximum absolute atomic E-state index is 4.00. The summed E-state index contributed by atoms with van der Waals surface area (Å²) in [5.41, 5.74) is 0. The Balaban J connectivity index is 3.57. The fourth-order valence-corrected chi connectivity index (χ4v) is 0.276. The van der Waals surface area contributed by atoms with Crippen LogP contribution in [-0.2, 0) is 0 Å². The van der Waals surface area contributed by atoms with Gasteiger partial charge in [0.1, 0.15) is 0 Å². The number of aliphatic imine (C=N–C) groups is 1. The number of nitrogens with zero attached hydrogens (tertiary/aromatic N) is 1. The lowest BCUT2D eigenvalue weighted by atomic mass is 10.8. The molecule has 1 N–H and O–H groups in total. The minimum atomic E-state index is 0.767. The second-order valence-corrected chi connectivity index (χ2v) is 1.65. The lowest BCUT2D eigenvalue weighted by Crippen LogP contribution is -1.97. The monoisotopic (exact) mass is 130 g/mol. The fraction of sp³-hybridized carbons (Fsp3) is 0.400. The molecule has 46 valence electrons. The molecule has 0 fully saturated rings. The van der Waals surface area contributed by atoms with Crippen LogP contribution in [0.15, 0.2) is 16.2 Å². The number of hydrogen-bond acceptors (Lipinski definition) is 3. The molecule has 8 heavy (non-hydrogen) atoms. The molecule has 0 aromatic heterocycles. The molecule has 0 aliphatic carbocycles. The van der Waals surface area contributed by atoms with Gasteiger partial charge in [-0.25, -0.2) is 0 Å². The number of hydrogen-bond donors (Lipinski definition) is 2. The summed E-state index contributed by atoms with van der Waals surface area (Å²) in [6, 6.07) is 0. The summed E-state index contributed by atoms with van der Waals surface area (Å²) in [7, 11) is 1.80. The molecule has 0 atom stereocenters. The maximum atomic E-state index is 4.00. The van der Waals surface area contributed by atoms with Crippen molar-refractivity contribution in [1.29, 1.82) is 0 Å².